The molecule has 0 saturated carbocycles. The number of carbonyl (C=O) groups is 2. The Bertz CT molecular complexity index is 613. The van der Waals surface area contributed by atoms with Gasteiger partial charge in [-0.2, -0.15) is 0 Å². The molecule has 1 amide bonds. The Morgan fingerprint density at radius 2 is 2.14 bits per heavy atom. The first-order valence-corrected chi connectivity index (χ1v) is 7.14. The molecule has 2 heterocycles. The van der Waals surface area contributed by atoms with Gasteiger partial charge in [0.15, 0.2) is 11.7 Å². The van der Waals surface area contributed by atoms with Gasteiger partial charge in [-0.1, -0.05) is 6.07 Å². The number of hydrogen-bond acceptors (Lipinski definition) is 6. The Labute approximate surface area is 125 Å². The van der Waals surface area contributed by atoms with Crippen molar-refractivity contribution in [2.75, 3.05) is 11.9 Å². The summed E-state index contributed by atoms with van der Waals surface area (Å²) < 4.78 is 0. The predicted molar refractivity (Wildman–Crippen MR) is 78.4 cm³/mol. The second-order valence-corrected chi connectivity index (χ2v) is 5.07. The van der Waals surface area contributed by atoms with Gasteiger partial charge in [0.2, 0.25) is 0 Å². The number of carboxylic acid groups (broad SMARTS) is 1. The van der Waals surface area contributed by atoms with Crippen molar-refractivity contribution in [3.8, 4) is 0 Å². The minimum Gasteiger partial charge on any atom is -0.479 e. The monoisotopic (exact) mass is 306 g/mol. The predicted octanol–water partition coefficient (Wildman–Crippen LogP) is 1.53. The lowest BCUT2D eigenvalue weighted by atomic mass is 10.2. The second-order valence-electron chi connectivity index (χ2n) is 4.09. The third-order valence-corrected chi connectivity index (χ3v) is 3.54. The molecule has 8 heteroatoms. The first-order valence-electron chi connectivity index (χ1n) is 6.26. The highest BCUT2D eigenvalue weighted by molar-refractivity contribution is 7.10. The molecule has 1 atom stereocenters. The standard InChI is InChI=1S/C13H14N4O3S/c1-2-14-12(18)8-5-6-10(17-16-8)15-11(13(19)20)9-4-3-7-21-9/h3-7,11H,2H2,1H3,(H,14,18)(H,15,17)(H,19,20). The molecule has 0 aromatic carbocycles. The lowest BCUT2D eigenvalue weighted by Gasteiger charge is -2.13. The van der Waals surface area contributed by atoms with E-state index in [1.807, 2.05) is 0 Å². The first kappa shape index (κ1) is 14.9. The number of carbonyl (C=O) groups excluding carboxylic acids is 1. The average Bonchev–Trinajstić information content (AvgIpc) is 2.99. The molecule has 2 rings (SSSR count). The third kappa shape index (κ3) is 3.76. The zero-order valence-corrected chi connectivity index (χ0v) is 12.1. The van der Waals surface area contributed by atoms with Crippen LogP contribution in [0.25, 0.3) is 0 Å². The number of nitrogens with one attached hydrogen (secondary N) is 2. The molecule has 0 aliphatic rings. The van der Waals surface area contributed by atoms with Crippen LogP contribution in [0.2, 0.25) is 0 Å². The number of thiophene rings is 1. The van der Waals surface area contributed by atoms with Crippen molar-refractivity contribution < 1.29 is 14.7 Å². The molecule has 110 valence electrons. The number of hydrogen-bond donors (Lipinski definition) is 3. The quantitative estimate of drug-likeness (QED) is 0.747. The second kappa shape index (κ2) is 6.80. The van der Waals surface area contributed by atoms with Crippen molar-refractivity contribution in [3.63, 3.8) is 0 Å². The van der Waals surface area contributed by atoms with Crippen molar-refractivity contribution in [3.05, 3.63) is 40.2 Å². The van der Waals surface area contributed by atoms with E-state index < -0.39 is 12.0 Å². The van der Waals surface area contributed by atoms with Crippen molar-refractivity contribution >= 4 is 29.0 Å². The first-order chi connectivity index (χ1) is 10.1. The van der Waals surface area contributed by atoms with Gasteiger partial charge in [-0.05, 0) is 30.5 Å². The SMILES string of the molecule is CCNC(=O)c1ccc(NC(C(=O)O)c2cccs2)nn1. The molecule has 2 aromatic heterocycles. The van der Waals surface area contributed by atoms with Crippen LogP contribution in [-0.4, -0.2) is 33.7 Å². The highest BCUT2D eigenvalue weighted by Crippen LogP contribution is 2.22. The zero-order chi connectivity index (χ0) is 15.2. The number of carboxylic acids is 1. The highest BCUT2D eigenvalue weighted by Gasteiger charge is 2.21. The van der Waals surface area contributed by atoms with Crippen molar-refractivity contribution in [1.82, 2.24) is 15.5 Å². The van der Waals surface area contributed by atoms with Crippen LogP contribution in [0.15, 0.2) is 29.6 Å². The third-order valence-electron chi connectivity index (χ3n) is 2.60. The Kier molecular flexibility index (Phi) is 4.83. The van der Waals surface area contributed by atoms with Crippen LogP contribution in [-0.2, 0) is 4.79 Å². The fraction of sp³-hybridized carbons (Fsp3) is 0.231. The number of anilines is 1. The minimum absolute atomic E-state index is 0.186. The van der Waals surface area contributed by atoms with Crippen LogP contribution in [0.3, 0.4) is 0 Å². The summed E-state index contributed by atoms with van der Waals surface area (Å²) in [4.78, 5) is 23.5. The summed E-state index contributed by atoms with van der Waals surface area (Å²) >= 11 is 1.34. The molecule has 7 nitrogen and oxygen atoms in total. The molecule has 2 aromatic rings. The number of nitrogens with zero attached hydrogens (tertiary/aromatic N) is 2. The maximum atomic E-state index is 11.5. The maximum Gasteiger partial charge on any atom is 0.331 e. The lowest BCUT2D eigenvalue weighted by molar-refractivity contribution is -0.138. The molecule has 0 bridgehead atoms. The maximum absolute atomic E-state index is 11.5. The summed E-state index contributed by atoms with van der Waals surface area (Å²) in [6.45, 7) is 2.31. The molecule has 0 aliphatic heterocycles. The summed E-state index contributed by atoms with van der Waals surface area (Å²) in [5.74, 6) is -1.03. The van der Waals surface area contributed by atoms with Gasteiger partial charge < -0.3 is 15.7 Å². The number of amides is 1. The van der Waals surface area contributed by atoms with Gasteiger partial charge in [-0.3, -0.25) is 4.79 Å². The molecular formula is C13H14N4O3S. The van der Waals surface area contributed by atoms with Crippen molar-refractivity contribution in [1.29, 1.82) is 0 Å². The van der Waals surface area contributed by atoms with Crippen LogP contribution >= 0.6 is 11.3 Å². The Balaban J connectivity index is 2.11. The van der Waals surface area contributed by atoms with Crippen LogP contribution in [0, 0.1) is 0 Å². The lowest BCUT2D eigenvalue weighted by Crippen LogP contribution is -2.24. The molecular weight excluding hydrogens is 292 g/mol. The largest absolute Gasteiger partial charge is 0.479 e. The van der Waals surface area contributed by atoms with Gasteiger partial charge in [0.1, 0.15) is 5.82 Å². The number of aliphatic carboxylic acids is 1. The highest BCUT2D eigenvalue weighted by atomic mass is 32.1. The minimum atomic E-state index is -1.01. The van der Waals surface area contributed by atoms with E-state index in [1.54, 1.807) is 24.4 Å². The number of aromatic nitrogens is 2. The van der Waals surface area contributed by atoms with E-state index >= 15 is 0 Å². The summed E-state index contributed by atoms with van der Waals surface area (Å²) in [7, 11) is 0. The Hall–Kier alpha value is -2.48. The van der Waals surface area contributed by atoms with Crippen LogP contribution in [0.1, 0.15) is 28.3 Å². The van der Waals surface area contributed by atoms with Crippen molar-refractivity contribution in [2.45, 2.75) is 13.0 Å². The summed E-state index contributed by atoms with van der Waals surface area (Å²) in [6, 6.07) is 5.64. The van der Waals surface area contributed by atoms with Gasteiger partial charge >= 0.3 is 5.97 Å². The van der Waals surface area contributed by atoms with E-state index in [4.69, 9.17) is 0 Å². The van der Waals surface area contributed by atoms with E-state index in [9.17, 15) is 14.7 Å². The average molecular weight is 306 g/mol. The van der Waals surface area contributed by atoms with Gasteiger partial charge in [0.25, 0.3) is 5.91 Å². The molecule has 21 heavy (non-hydrogen) atoms. The van der Waals surface area contributed by atoms with E-state index in [0.29, 0.717) is 17.2 Å². The number of rotatable bonds is 6. The van der Waals surface area contributed by atoms with Crippen LogP contribution in [0.5, 0.6) is 0 Å². The summed E-state index contributed by atoms with van der Waals surface area (Å²) in [5.41, 5.74) is 0.186. The normalized spacial score (nSPS) is 11.7. The van der Waals surface area contributed by atoms with Crippen molar-refractivity contribution in [2.24, 2.45) is 0 Å². The fourth-order valence-corrected chi connectivity index (χ4v) is 2.41. The van der Waals surface area contributed by atoms with Gasteiger partial charge in [-0.25, -0.2) is 4.79 Å². The van der Waals surface area contributed by atoms with Gasteiger partial charge in [-0.15, -0.1) is 21.5 Å². The van der Waals surface area contributed by atoms with E-state index in [1.165, 1.54) is 23.5 Å². The Morgan fingerprint density at radius 1 is 1.33 bits per heavy atom. The molecule has 0 fully saturated rings. The molecule has 0 radical (unpaired) electrons. The molecule has 1 unspecified atom stereocenters. The molecule has 3 N–H and O–H groups in total. The van der Waals surface area contributed by atoms with Gasteiger partial charge in [0, 0.05) is 11.4 Å². The molecule has 0 aliphatic carbocycles. The molecule has 0 spiro atoms. The van der Waals surface area contributed by atoms with Crippen LogP contribution in [0.4, 0.5) is 5.82 Å². The summed E-state index contributed by atoms with van der Waals surface area (Å²) in [5, 5.41) is 24.1. The Morgan fingerprint density at radius 3 is 2.67 bits per heavy atom. The van der Waals surface area contributed by atoms with E-state index in [0.717, 1.165) is 0 Å². The van der Waals surface area contributed by atoms with Crippen LogP contribution < -0.4 is 10.6 Å². The summed E-state index contributed by atoms with van der Waals surface area (Å²) in [6.07, 6.45) is 0. The fourth-order valence-electron chi connectivity index (χ4n) is 1.64. The van der Waals surface area contributed by atoms with E-state index in [2.05, 4.69) is 20.8 Å². The van der Waals surface area contributed by atoms with E-state index in [-0.39, 0.29) is 11.6 Å². The zero-order valence-electron chi connectivity index (χ0n) is 11.2. The topological polar surface area (TPSA) is 104 Å². The van der Waals surface area contributed by atoms with Gasteiger partial charge in [0.05, 0.1) is 0 Å². The molecule has 0 saturated heterocycles. The smallest absolute Gasteiger partial charge is 0.331 e.